The number of aryl methyl sites for hydroxylation is 1. The van der Waals surface area contributed by atoms with Crippen molar-refractivity contribution in [1.82, 2.24) is 14.9 Å². The van der Waals surface area contributed by atoms with Gasteiger partial charge >= 0.3 is 0 Å². The predicted molar refractivity (Wildman–Crippen MR) is 75.9 cm³/mol. The van der Waals surface area contributed by atoms with Gasteiger partial charge in [-0.2, -0.15) is 0 Å². The molecule has 5 heteroatoms. The van der Waals surface area contributed by atoms with Crippen molar-refractivity contribution in [3.8, 4) is 11.5 Å². The van der Waals surface area contributed by atoms with Crippen LogP contribution >= 0.6 is 0 Å². The smallest absolute Gasteiger partial charge is 0.161 e. The molecule has 3 rings (SSSR count). The van der Waals surface area contributed by atoms with Crippen LogP contribution in [0.25, 0.3) is 0 Å². The SMILES string of the molecule is C[C@@H](NCc1cncn1C)c1ccc2c(c1)OCCO2. The molecule has 0 fully saturated rings. The molecule has 106 valence electrons. The Bertz CT molecular complexity index is 595. The summed E-state index contributed by atoms with van der Waals surface area (Å²) in [6.45, 7) is 4.17. The highest BCUT2D eigenvalue weighted by Gasteiger charge is 2.14. The minimum atomic E-state index is 0.237. The van der Waals surface area contributed by atoms with Gasteiger partial charge in [0.2, 0.25) is 0 Å². The first-order chi connectivity index (χ1) is 9.74. The molecule has 0 saturated heterocycles. The zero-order chi connectivity index (χ0) is 13.9. The van der Waals surface area contributed by atoms with Crippen LogP contribution in [0.5, 0.6) is 11.5 Å². The van der Waals surface area contributed by atoms with Gasteiger partial charge in [-0.25, -0.2) is 4.98 Å². The Morgan fingerprint density at radius 3 is 2.85 bits per heavy atom. The number of fused-ring (bicyclic) bond motifs is 1. The minimum absolute atomic E-state index is 0.237. The van der Waals surface area contributed by atoms with Crippen LogP contribution in [0.2, 0.25) is 0 Å². The lowest BCUT2D eigenvalue weighted by Crippen LogP contribution is -2.20. The Kier molecular flexibility index (Phi) is 3.60. The van der Waals surface area contributed by atoms with E-state index in [4.69, 9.17) is 9.47 Å². The Balaban J connectivity index is 1.67. The second kappa shape index (κ2) is 5.54. The zero-order valence-electron chi connectivity index (χ0n) is 11.8. The van der Waals surface area contributed by atoms with E-state index in [-0.39, 0.29) is 6.04 Å². The van der Waals surface area contributed by atoms with Gasteiger partial charge in [-0.15, -0.1) is 0 Å². The molecule has 0 spiro atoms. The number of aromatic nitrogens is 2. The van der Waals surface area contributed by atoms with Gasteiger partial charge in [0, 0.05) is 25.8 Å². The normalized spacial score (nSPS) is 15.1. The minimum Gasteiger partial charge on any atom is -0.486 e. The van der Waals surface area contributed by atoms with Crippen LogP contribution in [0.1, 0.15) is 24.2 Å². The van der Waals surface area contributed by atoms with Gasteiger partial charge in [0.15, 0.2) is 11.5 Å². The summed E-state index contributed by atoms with van der Waals surface area (Å²) in [5, 5.41) is 3.49. The van der Waals surface area contributed by atoms with Crippen molar-refractivity contribution < 1.29 is 9.47 Å². The number of rotatable bonds is 4. The Morgan fingerprint density at radius 2 is 2.10 bits per heavy atom. The van der Waals surface area contributed by atoms with Gasteiger partial charge in [0.25, 0.3) is 0 Å². The van der Waals surface area contributed by atoms with Gasteiger partial charge in [-0.1, -0.05) is 6.07 Å². The van der Waals surface area contributed by atoms with Crippen LogP contribution < -0.4 is 14.8 Å². The fraction of sp³-hybridized carbons (Fsp3) is 0.400. The number of nitrogens with zero attached hydrogens (tertiary/aromatic N) is 2. The highest BCUT2D eigenvalue weighted by molar-refractivity contribution is 5.44. The van der Waals surface area contributed by atoms with E-state index in [1.54, 1.807) is 0 Å². The van der Waals surface area contributed by atoms with Crippen molar-refractivity contribution in [2.75, 3.05) is 13.2 Å². The lowest BCUT2D eigenvalue weighted by atomic mass is 10.1. The summed E-state index contributed by atoms with van der Waals surface area (Å²) in [6.07, 6.45) is 3.69. The molecule has 0 unspecified atom stereocenters. The van der Waals surface area contributed by atoms with E-state index in [1.807, 2.05) is 30.2 Å². The Hall–Kier alpha value is -2.01. The van der Waals surface area contributed by atoms with Gasteiger partial charge in [-0.3, -0.25) is 0 Å². The van der Waals surface area contributed by atoms with E-state index >= 15 is 0 Å². The Morgan fingerprint density at radius 1 is 1.30 bits per heavy atom. The standard InChI is InChI=1S/C15H19N3O2/c1-11(17-9-13-8-16-10-18(13)2)12-3-4-14-15(7-12)20-6-5-19-14/h3-4,7-8,10-11,17H,5-6,9H2,1-2H3/t11-/m1/s1. The first-order valence-electron chi connectivity index (χ1n) is 6.82. The quantitative estimate of drug-likeness (QED) is 0.926. The summed E-state index contributed by atoms with van der Waals surface area (Å²) in [7, 11) is 2.00. The summed E-state index contributed by atoms with van der Waals surface area (Å²) in [5.74, 6) is 1.67. The molecule has 20 heavy (non-hydrogen) atoms. The molecule has 2 heterocycles. The monoisotopic (exact) mass is 273 g/mol. The van der Waals surface area contributed by atoms with E-state index in [2.05, 4.69) is 29.4 Å². The lowest BCUT2D eigenvalue weighted by molar-refractivity contribution is 0.171. The molecule has 0 radical (unpaired) electrons. The van der Waals surface area contributed by atoms with Crippen LogP contribution in [0.4, 0.5) is 0 Å². The first-order valence-corrected chi connectivity index (χ1v) is 6.82. The van der Waals surface area contributed by atoms with Crippen molar-refractivity contribution in [2.45, 2.75) is 19.5 Å². The fourth-order valence-corrected chi connectivity index (χ4v) is 2.26. The van der Waals surface area contributed by atoms with Gasteiger partial charge < -0.3 is 19.4 Å². The molecule has 1 aliphatic heterocycles. The number of ether oxygens (including phenoxy) is 2. The average molecular weight is 273 g/mol. The van der Waals surface area contributed by atoms with Crippen LogP contribution in [-0.4, -0.2) is 22.8 Å². The number of hydrogen-bond donors (Lipinski definition) is 1. The largest absolute Gasteiger partial charge is 0.486 e. The highest BCUT2D eigenvalue weighted by Crippen LogP contribution is 2.32. The third kappa shape index (κ3) is 2.63. The summed E-state index contributed by atoms with van der Waals surface area (Å²) in [5.41, 5.74) is 2.35. The predicted octanol–water partition coefficient (Wildman–Crippen LogP) is 2.04. The summed E-state index contributed by atoms with van der Waals surface area (Å²) in [6, 6.07) is 6.34. The molecule has 0 bridgehead atoms. The lowest BCUT2D eigenvalue weighted by Gasteiger charge is -2.21. The van der Waals surface area contributed by atoms with Crippen molar-refractivity contribution >= 4 is 0 Å². The third-order valence-corrected chi connectivity index (χ3v) is 3.57. The molecule has 2 aromatic rings. The van der Waals surface area contributed by atoms with Crippen LogP contribution in [0.15, 0.2) is 30.7 Å². The molecule has 1 N–H and O–H groups in total. The van der Waals surface area contributed by atoms with E-state index in [0.29, 0.717) is 13.2 Å². The van der Waals surface area contributed by atoms with Crippen LogP contribution in [0, 0.1) is 0 Å². The fourth-order valence-electron chi connectivity index (χ4n) is 2.26. The van der Waals surface area contributed by atoms with Crippen molar-refractivity contribution in [3.05, 3.63) is 42.0 Å². The van der Waals surface area contributed by atoms with Gasteiger partial charge in [-0.05, 0) is 24.6 Å². The molecule has 5 nitrogen and oxygen atoms in total. The average Bonchev–Trinajstić information content (AvgIpc) is 2.89. The van der Waals surface area contributed by atoms with Crippen molar-refractivity contribution in [1.29, 1.82) is 0 Å². The maximum absolute atomic E-state index is 5.62. The number of imidazole rings is 1. The summed E-state index contributed by atoms with van der Waals surface area (Å²) >= 11 is 0. The Labute approximate surface area is 118 Å². The van der Waals surface area contributed by atoms with E-state index in [1.165, 1.54) is 5.56 Å². The van der Waals surface area contributed by atoms with E-state index < -0.39 is 0 Å². The second-order valence-electron chi connectivity index (χ2n) is 5.00. The molecular formula is C15H19N3O2. The maximum atomic E-state index is 5.62. The number of hydrogen-bond acceptors (Lipinski definition) is 4. The highest BCUT2D eigenvalue weighted by atomic mass is 16.6. The summed E-state index contributed by atoms with van der Waals surface area (Å²) in [4.78, 5) is 4.12. The van der Waals surface area contributed by atoms with Crippen molar-refractivity contribution in [2.24, 2.45) is 7.05 Å². The zero-order valence-corrected chi connectivity index (χ0v) is 11.8. The molecule has 0 amide bonds. The topological polar surface area (TPSA) is 48.3 Å². The second-order valence-corrected chi connectivity index (χ2v) is 5.00. The van der Waals surface area contributed by atoms with E-state index in [0.717, 1.165) is 23.7 Å². The summed E-state index contributed by atoms with van der Waals surface area (Å²) < 4.78 is 13.2. The molecule has 1 aromatic heterocycles. The molecule has 0 aliphatic carbocycles. The molecular weight excluding hydrogens is 254 g/mol. The molecule has 1 atom stereocenters. The molecule has 0 saturated carbocycles. The van der Waals surface area contributed by atoms with Gasteiger partial charge in [0.1, 0.15) is 13.2 Å². The molecule has 1 aliphatic rings. The third-order valence-electron chi connectivity index (χ3n) is 3.57. The van der Waals surface area contributed by atoms with Crippen molar-refractivity contribution in [3.63, 3.8) is 0 Å². The van der Waals surface area contributed by atoms with Crippen LogP contribution in [-0.2, 0) is 13.6 Å². The maximum Gasteiger partial charge on any atom is 0.161 e. The van der Waals surface area contributed by atoms with Gasteiger partial charge in [0.05, 0.1) is 12.0 Å². The molecule has 1 aromatic carbocycles. The van der Waals surface area contributed by atoms with Crippen LogP contribution in [0.3, 0.4) is 0 Å². The number of nitrogens with one attached hydrogen (secondary N) is 1. The first kappa shape index (κ1) is 13.0. The van der Waals surface area contributed by atoms with E-state index in [9.17, 15) is 0 Å². The number of benzene rings is 1.